The van der Waals surface area contributed by atoms with E-state index in [9.17, 15) is 0 Å². The molecule has 0 radical (unpaired) electrons. The summed E-state index contributed by atoms with van der Waals surface area (Å²) in [6.07, 6.45) is 2.60. The Labute approximate surface area is 68.7 Å². The van der Waals surface area contributed by atoms with Gasteiger partial charge in [0.1, 0.15) is 0 Å². The highest BCUT2D eigenvalue weighted by Gasteiger charge is 2.53. The maximum absolute atomic E-state index is 6.09. The number of fused-ring (bicyclic) bond motifs is 2. The van der Waals surface area contributed by atoms with E-state index in [1.165, 1.54) is 18.4 Å². The van der Waals surface area contributed by atoms with Crippen LogP contribution in [0.5, 0.6) is 0 Å². The highest BCUT2D eigenvalue weighted by Crippen LogP contribution is 2.57. The zero-order chi connectivity index (χ0) is 8.22. The first-order valence-corrected chi connectivity index (χ1v) is 4.50. The SMILES string of the molecule is C=C1C2CC[C@@H](C2N)C1(C)C. The quantitative estimate of drug-likeness (QED) is 0.526. The fourth-order valence-electron chi connectivity index (χ4n) is 2.99. The van der Waals surface area contributed by atoms with Gasteiger partial charge in [-0.15, -0.1) is 0 Å². The highest BCUT2D eigenvalue weighted by atomic mass is 14.8. The summed E-state index contributed by atoms with van der Waals surface area (Å²) in [5.41, 5.74) is 7.82. The minimum atomic E-state index is 0.322. The van der Waals surface area contributed by atoms with E-state index in [4.69, 9.17) is 5.73 Å². The van der Waals surface area contributed by atoms with Crippen molar-refractivity contribution in [3.63, 3.8) is 0 Å². The van der Waals surface area contributed by atoms with E-state index in [1.807, 2.05) is 0 Å². The molecule has 0 aliphatic heterocycles. The van der Waals surface area contributed by atoms with Crippen LogP contribution in [-0.4, -0.2) is 6.04 Å². The first-order chi connectivity index (χ1) is 5.05. The fraction of sp³-hybridized carbons (Fsp3) is 0.800. The average molecular weight is 151 g/mol. The summed E-state index contributed by atoms with van der Waals surface area (Å²) >= 11 is 0. The Hall–Kier alpha value is -0.300. The first-order valence-electron chi connectivity index (χ1n) is 4.50. The standard InChI is InChI=1S/C10H17N/c1-6-7-4-5-8(9(7)11)10(6,2)3/h7-9H,1,4-5,11H2,2-3H3/t7?,8-,9?/m0/s1. The van der Waals surface area contributed by atoms with Crippen molar-refractivity contribution in [2.45, 2.75) is 32.7 Å². The van der Waals surface area contributed by atoms with Crippen molar-refractivity contribution in [3.8, 4) is 0 Å². The molecule has 2 rings (SSSR count). The van der Waals surface area contributed by atoms with E-state index in [2.05, 4.69) is 20.4 Å². The Bertz CT molecular complexity index is 205. The minimum absolute atomic E-state index is 0.322. The second-order valence-electron chi connectivity index (χ2n) is 4.61. The summed E-state index contributed by atoms with van der Waals surface area (Å²) in [6.45, 7) is 8.74. The predicted molar refractivity (Wildman–Crippen MR) is 47.1 cm³/mol. The molecule has 0 heterocycles. The third-order valence-electron chi connectivity index (χ3n) is 3.92. The van der Waals surface area contributed by atoms with Crippen molar-refractivity contribution < 1.29 is 0 Å². The molecule has 2 N–H and O–H groups in total. The lowest BCUT2D eigenvalue weighted by Gasteiger charge is -2.31. The van der Waals surface area contributed by atoms with Crippen molar-refractivity contribution in [3.05, 3.63) is 12.2 Å². The summed E-state index contributed by atoms with van der Waals surface area (Å²) in [5.74, 6) is 1.34. The fourth-order valence-corrected chi connectivity index (χ4v) is 2.99. The molecule has 3 atom stereocenters. The topological polar surface area (TPSA) is 26.0 Å². The molecule has 0 saturated heterocycles. The molecule has 11 heavy (non-hydrogen) atoms. The molecule has 0 spiro atoms. The zero-order valence-electron chi connectivity index (χ0n) is 7.43. The Kier molecular flexibility index (Phi) is 1.26. The van der Waals surface area contributed by atoms with Crippen molar-refractivity contribution in [1.29, 1.82) is 0 Å². The van der Waals surface area contributed by atoms with Crippen LogP contribution >= 0.6 is 0 Å². The maximum Gasteiger partial charge on any atom is 0.0141 e. The molecule has 2 aliphatic carbocycles. The van der Waals surface area contributed by atoms with Gasteiger partial charge in [-0.3, -0.25) is 0 Å². The third kappa shape index (κ3) is 0.698. The van der Waals surface area contributed by atoms with Crippen molar-refractivity contribution in [1.82, 2.24) is 0 Å². The van der Waals surface area contributed by atoms with Crippen LogP contribution in [0.2, 0.25) is 0 Å². The molecular formula is C10H17N. The van der Waals surface area contributed by atoms with Gasteiger partial charge in [-0.25, -0.2) is 0 Å². The highest BCUT2D eigenvalue weighted by molar-refractivity contribution is 5.27. The molecule has 2 aliphatic rings. The first kappa shape index (κ1) is 7.35. The molecule has 0 aromatic rings. The molecule has 0 amide bonds. The van der Waals surface area contributed by atoms with Crippen molar-refractivity contribution >= 4 is 0 Å². The van der Waals surface area contributed by atoms with E-state index in [0.717, 1.165) is 0 Å². The van der Waals surface area contributed by atoms with Gasteiger partial charge >= 0.3 is 0 Å². The van der Waals surface area contributed by atoms with Gasteiger partial charge in [0.2, 0.25) is 0 Å². The van der Waals surface area contributed by atoms with Crippen LogP contribution < -0.4 is 5.73 Å². The van der Waals surface area contributed by atoms with Crippen LogP contribution in [-0.2, 0) is 0 Å². The summed E-state index contributed by atoms with van der Waals surface area (Å²) in [6, 6.07) is 0.414. The molecule has 0 aromatic carbocycles. The summed E-state index contributed by atoms with van der Waals surface area (Å²) < 4.78 is 0. The van der Waals surface area contributed by atoms with Crippen LogP contribution in [0.3, 0.4) is 0 Å². The normalized spacial score (nSPS) is 46.8. The second-order valence-corrected chi connectivity index (χ2v) is 4.61. The summed E-state index contributed by atoms with van der Waals surface area (Å²) in [5, 5.41) is 0. The Morgan fingerprint density at radius 3 is 2.36 bits per heavy atom. The van der Waals surface area contributed by atoms with Gasteiger partial charge < -0.3 is 5.73 Å². The van der Waals surface area contributed by atoms with Crippen LogP contribution in [0.1, 0.15) is 26.7 Å². The van der Waals surface area contributed by atoms with E-state index in [-0.39, 0.29) is 0 Å². The number of hydrogen-bond acceptors (Lipinski definition) is 1. The zero-order valence-corrected chi connectivity index (χ0v) is 7.43. The molecule has 62 valence electrons. The van der Waals surface area contributed by atoms with Gasteiger partial charge in [-0.05, 0) is 30.1 Å². The van der Waals surface area contributed by atoms with Gasteiger partial charge in [0.05, 0.1) is 0 Å². The minimum Gasteiger partial charge on any atom is -0.327 e. The molecular weight excluding hydrogens is 134 g/mol. The van der Waals surface area contributed by atoms with Gasteiger partial charge in [-0.1, -0.05) is 26.0 Å². The molecule has 2 unspecified atom stereocenters. The number of rotatable bonds is 0. The van der Waals surface area contributed by atoms with E-state index in [0.29, 0.717) is 23.3 Å². The number of nitrogens with two attached hydrogens (primary N) is 1. The van der Waals surface area contributed by atoms with Crippen LogP contribution in [0.25, 0.3) is 0 Å². The van der Waals surface area contributed by atoms with Crippen molar-refractivity contribution in [2.75, 3.05) is 0 Å². The average Bonchev–Trinajstić information content (AvgIpc) is 2.34. The smallest absolute Gasteiger partial charge is 0.0141 e. The predicted octanol–water partition coefficient (Wildman–Crippen LogP) is 1.94. The van der Waals surface area contributed by atoms with Crippen molar-refractivity contribution in [2.24, 2.45) is 23.0 Å². The molecule has 0 aromatic heterocycles. The monoisotopic (exact) mass is 151 g/mol. The van der Waals surface area contributed by atoms with Gasteiger partial charge in [0.15, 0.2) is 0 Å². The molecule has 1 heteroatoms. The maximum atomic E-state index is 6.09. The van der Waals surface area contributed by atoms with Crippen LogP contribution in [0.15, 0.2) is 12.2 Å². The largest absolute Gasteiger partial charge is 0.327 e. The van der Waals surface area contributed by atoms with Gasteiger partial charge in [-0.2, -0.15) is 0 Å². The summed E-state index contributed by atoms with van der Waals surface area (Å²) in [4.78, 5) is 0. The molecule has 2 bridgehead atoms. The Balaban J connectivity index is 2.38. The summed E-state index contributed by atoms with van der Waals surface area (Å²) in [7, 11) is 0. The van der Waals surface area contributed by atoms with E-state index in [1.54, 1.807) is 0 Å². The molecule has 1 nitrogen and oxygen atoms in total. The van der Waals surface area contributed by atoms with Crippen LogP contribution in [0.4, 0.5) is 0 Å². The van der Waals surface area contributed by atoms with Crippen LogP contribution in [0, 0.1) is 17.3 Å². The van der Waals surface area contributed by atoms with E-state index < -0.39 is 0 Å². The number of hydrogen-bond donors (Lipinski definition) is 1. The van der Waals surface area contributed by atoms with Gasteiger partial charge in [0, 0.05) is 6.04 Å². The van der Waals surface area contributed by atoms with E-state index >= 15 is 0 Å². The second kappa shape index (κ2) is 1.89. The van der Waals surface area contributed by atoms with Gasteiger partial charge in [0.25, 0.3) is 0 Å². The Morgan fingerprint density at radius 1 is 1.45 bits per heavy atom. The third-order valence-corrected chi connectivity index (χ3v) is 3.92. The molecule has 2 fully saturated rings. The lowest BCUT2D eigenvalue weighted by atomic mass is 9.73. The molecule has 2 saturated carbocycles. The Morgan fingerprint density at radius 2 is 2.09 bits per heavy atom. The lowest BCUT2D eigenvalue weighted by Crippen LogP contribution is -2.29. The lowest BCUT2D eigenvalue weighted by molar-refractivity contribution is 0.277.